The summed E-state index contributed by atoms with van der Waals surface area (Å²) in [5.74, 6) is 0. The van der Waals surface area contributed by atoms with Crippen molar-refractivity contribution in [1.82, 2.24) is 20.0 Å². The molecule has 0 unspecified atom stereocenters. The van der Waals surface area contributed by atoms with E-state index in [4.69, 9.17) is 0 Å². The molecule has 0 atom stereocenters. The van der Waals surface area contributed by atoms with E-state index in [1.807, 2.05) is 17.9 Å². The summed E-state index contributed by atoms with van der Waals surface area (Å²) >= 11 is 0. The topological polar surface area (TPSA) is 33.1 Å². The van der Waals surface area contributed by atoms with Crippen LogP contribution in [-0.2, 0) is 13.6 Å². The minimum atomic E-state index is 0.244. The lowest BCUT2D eigenvalue weighted by Crippen LogP contribution is -2.57. The molecule has 0 spiro atoms. The van der Waals surface area contributed by atoms with Gasteiger partial charge in [-0.15, -0.1) is 0 Å². The van der Waals surface area contributed by atoms with Gasteiger partial charge in [0.25, 0.3) is 0 Å². The number of rotatable bonds is 2. The second kappa shape index (κ2) is 3.94. The Kier molecular flexibility index (Phi) is 2.80. The summed E-state index contributed by atoms with van der Waals surface area (Å²) in [6.07, 6.45) is 4.05. The van der Waals surface area contributed by atoms with Crippen LogP contribution in [0.1, 0.15) is 19.4 Å². The van der Waals surface area contributed by atoms with E-state index in [-0.39, 0.29) is 5.54 Å². The van der Waals surface area contributed by atoms with Gasteiger partial charge in [-0.3, -0.25) is 9.58 Å². The second-order valence-electron chi connectivity index (χ2n) is 4.93. The van der Waals surface area contributed by atoms with E-state index in [0.717, 1.165) is 26.2 Å². The largest absolute Gasteiger partial charge is 0.314 e. The molecule has 2 rings (SSSR count). The van der Waals surface area contributed by atoms with Gasteiger partial charge in [0.15, 0.2) is 0 Å². The van der Waals surface area contributed by atoms with Crippen molar-refractivity contribution in [2.75, 3.05) is 19.6 Å². The third-order valence-corrected chi connectivity index (χ3v) is 3.10. The van der Waals surface area contributed by atoms with E-state index in [9.17, 15) is 0 Å². The molecule has 1 N–H and O–H groups in total. The Balaban J connectivity index is 2.04. The van der Waals surface area contributed by atoms with Gasteiger partial charge in [-0.2, -0.15) is 5.10 Å². The van der Waals surface area contributed by atoms with Crippen LogP contribution in [0, 0.1) is 0 Å². The van der Waals surface area contributed by atoms with Crippen LogP contribution in [-0.4, -0.2) is 39.9 Å². The van der Waals surface area contributed by atoms with Gasteiger partial charge in [0.1, 0.15) is 0 Å². The molecule has 0 saturated carbocycles. The molecule has 0 aliphatic carbocycles. The average molecular weight is 208 g/mol. The predicted molar refractivity (Wildman–Crippen MR) is 60.6 cm³/mol. The maximum atomic E-state index is 4.20. The summed E-state index contributed by atoms with van der Waals surface area (Å²) in [5.41, 5.74) is 1.54. The first kappa shape index (κ1) is 10.6. The molecular weight excluding hydrogens is 188 g/mol. The Morgan fingerprint density at radius 3 is 2.93 bits per heavy atom. The molecule has 15 heavy (non-hydrogen) atoms. The highest BCUT2D eigenvalue weighted by Crippen LogP contribution is 2.18. The van der Waals surface area contributed by atoms with E-state index in [2.05, 4.69) is 35.4 Å². The molecule has 0 amide bonds. The molecule has 0 bridgehead atoms. The molecule has 2 heterocycles. The van der Waals surface area contributed by atoms with Gasteiger partial charge < -0.3 is 5.32 Å². The van der Waals surface area contributed by atoms with E-state index >= 15 is 0 Å². The molecule has 4 heteroatoms. The number of aromatic nitrogens is 2. The van der Waals surface area contributed by atoms with E-state index in [0.29, 0.717) is 0 Å². The Morgan fingerprint density at radius 2 is 2.33 bits per heavy atom. The molecule has 1 aliphatic rings. The van der Waals surface area contributed by atoms with Gasteiger partial charge in [-0.05, 0) is 13.8 Å². The third-order valence-electron chi connectivity index (χ3n) is 3.10. The van der Waals surface area contributed by atoms with Gasteiger partial charge >= 0.3 is 0 Å². The first-order valence-electron chi connectivity index (χ1n) is 5.51. The summed E-state index contributed by atoms with van der Waals surface area (Å²) in [6, 6.07) is 0. The average Bonchev–Trinajstić information content (AvgIpc) is 2.55. The monoisotopic (exact) mass is 208 g/mol. The smallest absolute Gasteiger partial charge is 0.0534 e. The van der Waals surface area contributed by atoms with E-state index in [1.54, 1.807) is 0 Å². The lowest BCUT2D eigenvalue weighted by Gasteiger charge is -2.42. The van der Waals surface area contributed by atoms with E-state index in [1.165, 1.54) is 5.56 Å². The van der Waals surface area contributed by atoms with Gasteiger partial charge in [-0.1, -0.05) is 0 Å². The molecule has 0 aromatic carbocycles. The number of nitrogens with one attached hydrogen (secondary N) is 1. The fourth-order valence-electron chi connectivity index (χ4n) is 2.09. The maximum absolute atomic E-state index is 4.20. The van der Waals surface area contributed by atoms with Crippen molar-refractivity contribution in [2.45, 2.75) is 25.9 Å². The Morgan fingerprint density at radius 1 is 1.53 bits per heavy atom. The first-order chi connectivity index (χ1) is 7.08. The van der Waals surface area contributed by atoms with Crippen molar-refractivity contribution < 1.29 is 0 Å². The fourth-order valence-corrected chi connectivity index (χ4v) is 2.09. The number of nitrogens with zero attached hydrogens (tertiary/aromatic N) is 3. The zero-order valence-electron chi connectivity index (χ0n) is 9.82. The number of hydrogen-bond acceptors (Lipinski definition) is 3. The van der Waals surface area contributed by atoms with Gasteiger partial charge in [0, 0.05) is 50.5 Å². The quantitative estimate of drug-likeness (QED) is 0.773. The second-order valence-corrected chi connectivity index (χ2v) is 4.93. The Hall–Kier alpha value is -0.870. The van der Waals surface area contributed by atoms with Crippen LogP contribution in [0.15, 0.2) is 12.4 Å². The summed E-state index contributed by atoms with van der Waals surface area (Å²) in [6.45, 7) is 8.84. The Bertz CT molecular complexity index is 329. The van der Waals surface area contributed by atoms with Crippen molar-refractivity contribution in [3.8, 4) is 0 Å². The van der Waals surface area contributed by atoms with Gasteiger partial charge in [0.05, 0.1) is 6.20 Å². The minimum Gasteiger partial charge on any atom is -0.314 e. The minimum absolute atomic E-state index is 0.244. The fraction of sp³-hybridized carbons (Fsp3) is 0.727. The molecule has 1 aromatic heterocycles. The zero-order valence-corrected chi connectivity index (χ0v) is 9.82. The van der Waals surface area contributed by atoms with Crippen LogP contribution >= 0.6 is 0 Å². The Labute approximate surface area is 91.3 Å². The highest BCUT2D eigenvalue weighted by atomic mass is 15.3. The lowest BCUT2D eigenvalue weighted by molar-refractivity contribution is 0.0827. The van der Waals surface area contributed by atoms with Crippen LogP contribution in [0.2, 0.25) is 0 Å². The number of aryl methyl sites for hydroxylation is 1. The standard InChI is InChI=1S/C11H20N4/c1-11(2)9-12-4-5-15(11)8-10-6-13-14(3)7-10/h6-7,12H,4-5,8-9H2,1-3H3. The van der Waals surface area contributed by atoms with Crippen LogP contribution < -0.4 is 5.32 Å². The molecule has 1 saturated heterocycles. The zero-order chi connectivity index (χ0) is 10.9. The number of piperazine rings is 1. The highest BCUT2D eigenvalue weighted by molar-refractivity contribution is 5.05. The van der Waals surface area contributed by atoms with Crippen LogP contribution in [0.4, 0.5) is 0 Å². The SMILES string of the molecule is Cn1cc(CN2CCNCC2(C)C)cn1. The first-order valence-corrected chi connectivity index (χ1v) is 5.51. The maximum Gasteiger partial charge on any atom is 0.0534 e. The summed E-state index contributed by atoms with van der Waals surface area (Å²) in [4.78, 5) is 2.51. The van der Waals surface area contributed by atoms with Gasteiger partial charge in [0.2, 0.25) is 0 Å². The third kappa shape index (κ3) is 2.38. The molecule has 4 nitrogen and oxygen atoms in total. The van der Waals surface area contributed by atoms with Gasteiger partial charge in [-0.25, -0.2) is 0 Å². The normalized spacial score (nSPS) is 21.8. The highest BCUT2D eigenvalue weighted by Gasteiger charge is 2.29. The van der Waals surface area contributed by atoms with Crippen molar-refractivity contribution in [3.63, 3.8) is 0 Å². The van der Waals surface area contributed by atoms with Crippen molar-refractivity contribution >= 4 is 0 Å². The van der Waals surface area contributed by atoms with Crippen molar-refractivity contribution in [1.29, 1.82) is 0 Å². The molecule has 1 fully saturated rings. The predicted octanol–water partition coefficient (Wildman–Crippen LogP) is 0.604. The molecule has 1 aliphatic heterocycles. The molecule has 0 radical (unpaired) electrons. The van der Waals surface area contributed by atoms with Crippen molar-refractivity contribution in [3.05, 3.63) is 18.0 Å². The molecule has 1 aromatic rings. The van der Waals surface area contributed by atoms with Crippen molar-refractivity contribution in [2.24, 2.45) is 7.05 Å². The van der Waals surface area contributed by atoms with E-state index < -0.39 is 0 Å². The van der Waals surface area contributed by atoms with Crippen LogP contribution in [0.25, 0.3) is 0 Å². The lowest BCUT2D eigenvalue weighted by atomic mass is 10.00. The summed E-state index contributed by atoms with van der Waals surface area (Å²) in [5, 5.41) is 7.64. The number of hydrogen-bond donors (Lipinski definition) is 1. The summed E-state index contributed by atoms with van der Waals surface area (Å²) < 4.78 is 1.87. The summed E-state index contributed by atoms with van der Waals surface area (Å²) in [7, 11) is 1.96. The van der Waals surface area contributed by atoms with Crippen LogP contribution in [0.5, 0.6) is 0 Å². The molecular formula is C11H20N4. The van der Waals surface area contributed by atoms with Crippen LogP contribution in [0.3, 0.4) is 0 Å². The molecule has 84 valence electrons.